The molecule has 1 aliphatic carbocycles. The molecule has 0 amide bonds. The van der Waals surface area contributed by atoms with Crippen LogP contribution in [0.5, 0.6) is 0 Å². The van der Waals surface area contributed by atoms with Crippen LogP contribution in [-0.4, -0.2) is 21.0 Å². The molecule has 33 heavy (non-hydrogen) atoms. The lowest BCUT2D eigenvalue weighted by Crippen LogP contribution is -2.49. The molecular formula is C26H24Cl2FNO2S. The third-order valence-electron chi connectivity index (χ3n) is 7.11. The van der Waals surface area contributed by atoms with E-state index in [0.717, 1.165) is 41.5 Å². The lowest BCUT2D eigenvalue weighted by Gasteiger charge is -2.40. The third-order valence-corrected chi connectivity index (χ3v) is 10.4. The van der Waals surface area contributed by atoms with Crippen LogP contribution in [-0.2, 0) is 33.8 Å². The molecule has 7 heteroatoms. The average Bonchev–Trinajstić information content (AvgIpc) is 3.25. The van der Waals surface area contributed by atoms with E-state index < -0.39 is 20.4 Å². The highest BCUT2D eigenvalue weighted by molar-refractivity contribution is 7.92. The maximum atomic E-state index is 13.9. The van der Waals surface area contributed by atoms with Crippen LogP contribution in [0.3, 0.4) is 0 Å². The summed E-state index contributed by atoms with van der Waals surface area (Å²) in [7, 11) is -3.73. The molecule has 1 fully saturated rings. The summed E-state index contributed by atoms with van der Waals surface area (Å²) < 4.78 is 40.3. The van der Waals surface area contributed by atoms with Crippen LogP contribution in [0.15, 0.2) is 65.6 Å². The molecule has 3 nitrogen and oxygen atoms in total. The molecule has 3 aromatic carbocycles. The zero-order valence-corrected chi connectivity index (χ0v) is 20.3. The van der Waals surface area contributed by atoms with E-state index >= 15 is 0 Å². The van der Waals surface area contributed by atoms with Crippen LogP contribution < -0.4 is 5.32 Å². The number of sulfone groups is 1. The molecule has 0 saturated carbocycles. The van der Waals surface area contributed by atoms with Crippen molar-refractivity contribution in [1.29, 1.82) is 0 Å². The number of hydrogen-bond acceptors (Lipinski definition) is 3. The predicted octanol–water partition coefficient (Wildman–Crippen LogP) is 5.90. The Balaban J connectivity index is 1.51. The van der Waals surface area contributed by atoms with Crippen molar-refractivity contribution in [2.45, 2.75) is 47.8 Å². The highest BCUT2D eigenvalue weighted by atomic mass is 35.5. The first-order valence-electron chi connectivity index (χ1n) is 11.1. The SMILES string of the molecule is O=S(=O)(c1ccc(F)cc1)[C@@]12CCN[C@@H]1CCc1cc(CCc3c(Cl)cccc3Cl)ccc12. The molecule has 2 aliphatic rings. The van der Waals surface area contributed by atoms with Crippen molar-refractivity contribution < 1.29 is 12.8 Å². The normalized spacial score (nSPS) is 22.1. The Hall–Kier alpha value is -1.92. The third kappa shape index (κ3) is 3.79. The van der Waals surface area contributed by atoms with Crippen molar-refractivity contribution in [2.75, 3.05) is 6.54 Å². The minimum absolute atomic E-state index is 0.159. The van der Waals surface area contributed by atoms with Gasteiger partial charge >= 0.3 is 0 Å². The Labute approximate surface area is 203 Å². The van der Waals surface area contributed by atoms with Gasteiger partial charge in [-0.2, -0.15) is 0 Å². The van der Waals surface area contributed by atoms with Crippen LogP contribution in [0, 0.1) is 5.82 Å². The fraction of sp³-hybridized carbons (Fsp3) is 0.308. The first kappa shape index (κ1) is 22.9. The molecule has 0 radical (unpaired) electrons. The molecule has 1 saturated heterocycles. The summed E-state index contributed by atoms with van der Waals surface area (Å²) >= 11 is 12.7. The predicted molar refractivity (Wildman–Crippen MR) is 130 cm³/mol. The van der Waals surface area contributed by atoms with Gasteiger partial charge in [0.05, 0.1) is 4.90 Å². The van der Waals surface area contributed by atoms with E-state index in [2.05, 4.69) is 11.4 Å². The van der Waals surface area contributed by atoms with Gasteiger partial charge in [-0.15, -0.1) is 0 Å². The summed E-state index contributed by atoms with van der Waals surface area (Å²) in [4.78, 5) is 0.169. The summed E-state index contributed by atoms with van der Waals surface area (Å²) in [6.45, 7) is 0.636. The van der Waals surface area contributed by atoms with Crippen molar-refractivity contribution in [3.05, 3.63) is 98.8 Å². The molecule has 0 unspecified atom stereocenters. The summed E-state index contributed by atoms with van der Waals surface area (Å²) in [6, 6.07) is 16.7. The molecule has 0 bridgehead atoms. The van der Waals surface area contributed by atoms with Gasteiger partial charge in [-0.05, 0) is 97.3 Å². The number of benzene rings is 3. The van der Waals surface area contributed by atoms with Gasteiger partial charge in [0.15, 0.2) is 9.84 Å². The minimum Gasteiger partial charge on any atom is -0.312 e. The second-order valence-corrected chi connectivity index (χ2v) is 11.9. The molecule has 1 N–H and O–H groups in total. The van der Waals surface area contributed by atoms with Crippen molar-refractivity contribution in [3.63, 3.8) is 0 Å². The van der Waals surface area contributed by atoms with Gasteiger partial charge in [-0.3, -0.25) is 0 Å². The Morgan fingerprint density at radius 3 is 2.45 bits per heavy atom. The Morgan fingerprint density at radius 1 is 1.00 bits per heavy atom. The van der Waals surface area contributed by atoms with Gasteiger partial charge in [0, 0.05) is 16.1 Å². The second kappa shape index (κ2) is 8.70. The van der Waals surface area contributed by atoms with Gasteiger partial charge in [0.1, 0.15) is 10.6 Å². The molecule has 3 aromatic rings. The highest BCUT2D eigenvalue weighted by Crippen LogP contribution is 2.49. The van der Waals surface area contributed by atoms with Crippen molar-refractivity contribution in [3.8, 4) is 0 Å². The number of hydrogen-bond donors (Lipinski definition) is 1. The van der Waals surface area contributed by atoms with Crippen LogP contribution in [0.25, 0.3) is 0 Å². The maximum Gasteiger partial charge on any atom is 0.189 e. The largest absolute Gasteiger partial charge is 0.312 e. The maximum absolute atomic E-state index is 13.9. The number of halogens is 3. The Kier molecular flexibility index (Phi) is 6.02. The first-order valence-corrected chi connectivity index (χ1v) is 13.4. The molecule has 172 valence electrons. The molecular weight excluding hydrogens is 480 g/mol. The lowest BCUT2D eigenvalue weighted by molar-refractivity contribution is 0.415. The zero-order chi connectivity index (χ0) is 23.2. The number of aryl methyl sites for hydroxylation is 2. The smallest absolute Gasteiger partial charge is 0.189 e. The van der Waals surface area contributed by atoms with Gasteiger partial charge in [0.25, 0.3) is 0 Å². The molecule has 0 spiro atoms. The average molecular weight is 504 g/mol. The molecule has 0 aromatic heterocycles. The second-order valence-electron chi connectivity index (χ2n) is 8.83. The molecule has 1 aliphatic heterocycles. The van der Waals surface area contributed by atoms with Crippen molar-refractivity contribution in [2.24, 2.45) is 0 Å². The van der Waals surface area contributed by atoms with Crippen LogP contribution in [0.4, 0.5) is 4.39 Å². The van der Waals surface area contributed by atoms with Gasteiger partial charge < -0.3 is 5.32 Å². The van der Waals surface area contributed by atoms with Gasteiger partial charge in [-0.1, -0.05) is 47.5 Å². The quantitative estimate of drug-likeness (QED) is 0.441. The van der Waals surface area contributed by atoms with Gasteiger partial charge in [-0.25, -0.2) is 12.8 Å². The monoisotopic (exact) mass is 503 g/mol. The van der Waals surface area contributed by atoms with Crippen LogP contribution >= 0.6 is 23.2 Å². The van der Waals surface area contributed by atoms with E-state index in [0.29, 0.717) is 29.4 Å². The Morgan fingerprint density at radius 2 is 1.73 bits per heavy atom. The summed E-state index contributed by atoms with van der Waals surface area (Å²) in [5.41, 5.74) is 3.99. The first-order chi connectivity index (χ1) is 15.8. The number of nitrogens with one attached hydrogen (secondary N) is 1. The molecule has 2 atom stereocenters. The topological polar surface area (TPSA) is 46.2 Å². The summed E-state index contributed by atoms with van der Waals surface area (Å²) in [6.07, 6.45) is 3.52. The van der Waals surface area contributed by atoms with Crippen LogP contribution in [0.1, 0.15) is 35.1 Å². The van der Waals surface area contributed by atoms with E-state index in [1.54, 1.807) is 0 Å². The fourth-order valence-electron chi connectivity index (χ4n) is 5.48. The summed E-state index contributed by atoms with van der Waals surface area (Å²) in [5, 5.41) is 4.73. The highest BCUT2D eigenvalue weighted by Gasteiger charge is 2.56. The lowest BCUT2D eigenvalue weighted by atomic mass is 9.78. The van der Waals surface area contributed by atoms with E-state index in [1.807, 2.05) is 30.3 Å². The molecule has 1 heterocycles. The molecule has 5 rings (SSSR count). The summed E-state index contributed by atoms with van der Waals surface area (Å²) in [5.74, 6) is -0.445. The van der Waals surface area contributed by atoms with E-state index in [-0.39, 0.29) is 10.9 Å². The van der Waals surface area contributed by atoms with Crippen molar-refractivity contribution in [1.82, 2.24) is 5.32 Å². The fourth-order valence-corrected chi connectivity index (χ4v) is 8.42. The van der Waals surface area contributed by atoms with E-state index in [1.165, 1.54) is 24.3 Å². The number of fused-ring (bicyclic) bond motifs is 3. The van der Waals surface area contributed by atoms with E-state index in [9.17, 15) is 12.8 Å². The van der Waals surface area contributed by atoms with Crippen molar-refractivity contribution >= 4 is 33.0 Å². The van der Waals surface area contributed by atoms with Gasteiger partial charge in [0.2, 0.25) is 0 Å². The van der Waals surface area contributed by atoms with Crippen LogP contribution in [0.2, 0.25) is 10.0 Å². The Bertz CT molecular complexity index is 1290. The van der Waals surface area contributed by atoms with E-state index in [4.69, 9.17) is 23.2 Å². The number of rotatable bonds is 5. The standard InChI is InChI=1S/C26H24Cl2FNO2S/c27-23-2-1-3-24(28)21(23)11-4-17-5-12-22-18(16-17)6-13-25-26(22,14-15-30-25)33(31,32)20-9-7-19(29)8-10-20/h1-3,5,7-10,12,16,25,30H,4,6,11,13-15H2/t25-,26-/m1/s1. The minimum atomic E-state index is -3.73. The zero-order valence-electron chi connectivity index (χ0n) is 18.0.